The van der Waals surface area contributed by atoms with Gasteiger partial charge in [-0.05, 0) is 60.7 Å². The summed E-state index contributed by atoms with van der Waals surface area (Å²) in [6.07, 6.45) is -4.34. The number of benzene rings is 2. The van der Waals surface area contributed by atoms with Gasteiger partial charge in [0.1, 0.15) is 5.75 Å². The van der Waals surface area contributed by atoms with E-state index in [4.69, 9.17) is 17.0 Å². The summed E-state index contributed by atoms with van der Waals surface area (Å²) in [4.78, 5) is 4.28. The van der Waals surface area contributed by atoms with E-state index in [9.17, 15) is 13.2 Å². The predicted octanol–water partition coefficient (Wildman–Crippen LogP) is 4.23. The fraction of sp³-hybridized carbons (Fsp3) is 0.316. The van der Waals surface area contributed by atoms with Crippen LogP contribution >= 0.6 is 12.2 Å². The van der Waals surface area contributed by atoms with Gasteiger partial charge in [0.05, 0.1) is 12.7 Å². The first-order chi connectivity index (χ1) is 12.9. The first kappa shape index (κ1) is 19.3. The molecule has 8 heteroatoms. The van der Waals surface area contributed by atoms with E-state index in [2.05, 4.69) is 10.2 Å². The fourth-order valence-electron chi connectivity index (χ4n) is 2.91. The highest BCUT2D eigenvalue weighted by Gasteiger charge is 2.30. The van der Waals surface area contributed by atoms with Crippen molar-refractivity contribution in [2.75, 3.05) is 43.5 Å². The van der Waals surface area contributed by atoms with Crippen molar-refractivity contribution < 1.29 is 17.9 Å². The van der Waals surface area contributed by atoms with Gasteiger partial charge in [-0.3, -0.25) is 0 Å². The molecule has 0 aliphatic carbocycles. The first-order valence-corrected chi connectivity index (χ1v) is 8.90. The van der Waals surface area contributed by atoms with Crippen LogP contribution in [0.5, 0.6) is 5.75 Å². The number of piperazine rings is 1. The van der Waals surface area contributed by atoms with Crippen molar-refractivity contribution in [1.29, 1.82) is 0 Å². The van der Waals surface area contributed by atoms with E-state index >= 15 is 0 Å². The van der Waals surface area contributed by atoms with Crippen molar-refractivity contribution in [3.05, 3.63) is 54.1 Å². The Bertz CT molecular complexity index is 770. The molecular formula is C19H20F3N3OS. The van der Waals surface area contributed by atoms with E-state index in [0.717, 1.165) is 49.7 Å². The third kappa shape index (κ3) is 4.82. The van der Waals surface area contributed by atoms with Crippen molar-refractivity contribution in [1.82, 2.24) is 4.90 Å². The number of anilines is 2. The Kier molecular flexibility index (Phi) is 5.74. The predicted molar refractivity (Wildman–Crippen MR) is 104 cm³/mol. The maximum Gasteiger partial charge on any atom is 0.416 e. The Hall–Kier alpha value is -2.48. The van der Waals surface area contributed by atoms with Crippen LogP contribution in [0.3, 0.4) is 0 Å². The summed E-state index contributed by atoms with van der Waals surface area (Å²) in [7, 11) is 1.64. The molecule has 1 heterocycles. The number of rotatable bonds is 3. The van der Waals surface area contributed by atoms with Gasteiger partial charge in [0.25, 0.3) is 0 Å². The maximum absolute atomic E-state index is 12.6. The van der Waals surface area contributed by atoms with Gasteiger partial charge in [0.15, 0.2) is 5.11 Å². The van der Waals surface area contributed by atoms with Gasteiger partial charge in [-0.2, -0.15) is 13.2 Å². The molecule has 0 saturated carbocycles. The Morgan fingerprint density at radius 1 is 0.963 bits per heavy atom. The van der Waals surface area contributed by atoms with Crippen molar-refractivity contribution in [2.45, 2.75) is 6.18 Å². The normalized spacial score (nSPS) is 14.8. The number of methoxy groups -OCH3 is 1. The minimum absolute atomic E-state index is 0.518. The highest BCUT2D eigenvalue weighted by Crippen LogP contribution is 2.30. The Labute approximate surface area is 161 Å². The lowest BCUT2D eigenvalue weighted by molar-refractivity contribution is -0.137. The first-order valence-electron chi connectivity index (χ1n) is 8.49. The lowest BCUT2D eigenvalue weighted by Gasteiger charge is -2.37. The molecule has 0 amide bonds. The molecule has 27 heavy (non-hydrogen) atoms. The molecule has 1 aliphatic heterocycles. The Morgan fingerprint density at radius 3 is 2.07 bits per heavy atom. The zero-order valence-electron chi connectivity index (χ0n) is 14.8. The van der Waals surface area contributed by atoms with Gasteiger partial charge in [-0.1, -0.05) is 0 Å². The van der Waals surface area contributed by atoms with Gasteiger partial charge >= 0.3 is 6.18 Å². The van der Waals surface area contributed by atoms with Crippen LogP contribution in [0, 0.1) is 0 Å². The minimum atomic E-state index is -4.34. The molecule has 2 aromatic carbocycles. The molecule has 1 N–H and O–H groups in total. The lowest BCUT2D eigenvalue weighted by atomic mass is 10.2. The molecule has 0 spiro atoms. The molecule has 4 nitrogen and oxygen atoms in total. The van der Waals surface area contributed by atoms with E-state index in [-0.39, 0.29) is 0 Å². The monoisotopic (exact) mass is 395 g/mol. The van der Waals surface area contributed by atoms with Crippen LogP contribution in [0.25, 0.3) is 0 Å². The summed E-state index contributed by atoms with van der Waals surface area (Å²) in [5.41, 5.74) is 0.995. The number of halogens is 3. The molecule has 1 fully saturated rings. The van der Waals surface area contributed by atoms with Gasteiger partial charge in [0, 0.05) is 37.6 Å². The van der Waals surface area contributed by atoms with Crippen LogP contribution in [-0.2, 0) is 6.18 Å². The highest BCUT2D eigenvalue weighted by molar-refractivity contribution is 7.80. The van der Waals surface area contributed by atoms with Crippen LogP contribution in [0.15, 0.2) is 48.5 Å². The Morgan fingerprint density at radius 2 is 1.56 bits per heavy atom. The van der Waals surface area contributed by atoms with E-state index < -0.39 is 11.7 Å². The zero-order chi connectivity index (χ0) is 19.4. The highest BCUT2D eigenvalue weighted by atomic mass is 32.1. The number of hydrogen-bond donors (Lipinski definition) is 1. The minimum Gasteiger partial charge on any atom is -0.497 e. The molecule has 144 valence electrons. The van der Waals surface area contributed by atoms with Crippen LogP contribution < -0.4 is 15.0 Å². The van der Waals surface area contributed by atoms with Gasteiger partial charge in [0.2, 0.25) is 0 Å². The number of nitrogens with zero attached hydrogens (tertiary/aromatic N) is 2. The number of alkyl halides is 3. The molecule has 0 atom stereocenters. The average Bonchev–Trinajstić information content (AvgIpc) is 2.68. The summed E-state index contributed by atoms with van der Waals surface area (Å²) in [6.45, 7) is 3.08. The quantitative estimate of drug-likeness (QED) is 0.785. The molecular weight excluding hydrogens is 375 g/mol. The fourth-order valence-corrected chi connectivity index (χ4v) is 3.21. The topological polar surface area (TPSA) is 27.7 Å². The maximum atomic E-state index is 12.6. The number of thiocarbonyl (C=S) groups is 1. The number of nitrogens with one attached hydrogen (secondary N) is 1. The summed E-state index contributed by atoms with van der Waals surface area (Å²) in [5, 5.41) is 3.53. The van der Waals surface area contributed by atoms with Crippen molar-refractivity contribution in [3.63, 3.8) is 0 Å². The van der Waals surface area contributed by atoms with Crippen LogP contribution in [0.2, 0.25) is 0 Å². The van der Waals surface area contributed by atoms with Crippen molar-refractivity contribution >= 4 is 28.7 Å². The van der Waals surface area contributed by atoms with Crippen LogP contribution in [0.1, 0.15) is 5.56 Å². The Balaban J connectivity index is 1.53. The van der Waals surface area contributed by atoms with Crippen LogP contribution in [0.4, 0.5) is 24.5 Å². The molecule has 2 aromatic rings. The second kappa shape index (κ2) is 8.04. The molecule has 3 rings (SSSR count). The lowest BCUT2D eigenvalue weighted by Crippen LogP contribution is -2.50. The third-order valence-electron chi connectivity index (χ3n) is 4.47. The average molecular weight is 395 g/mol. The molecule has 0 aromatic heterocycles. The molecule has 0 radical (unpaired) electrons. The van der Waals surface area contributed by atoms with Gasteiger partial charge in [-0.15, -0.1) is 0 Å². The summed E-state index contributed by atoms with van der Waals surface area (Å²) in [5.74, 6) is 0.819. The van der Waals surface area contributed by atoms with E-state index in [1.807, 2.05) is 29.2 Å². The van der Waals surface area contributed by atoms with Crippen LogP contribution in [-0.4, -0.2) is 43.3 Å². The zero-order valence-corrected chi connectivity index (χ0v) is 15.6. The summed E-state index contributed by atoms with van der Waals surface area (Å²) < 4.78 is 43.1. The largest absolute Gasteiger partial charge is 0.497 e. The van der Waals surface area contributed by atoms with E-state index in [1.54, 1.807) is 7.11 Å². The molecule has 1 aliphatic rings. The van der Waals surface area contributed by atoms with Crippen molar-refractivity contribution in [2.24, 2.45) is 0 Å². The second-order valence-corrected chi connectivity index (χ2v) is 6.56. The molecule has 1 saturated heterocycles. The smallest absolute Gasteiger partial charge is 0.416 e. The summed E-state index contributed by atoms with van der Waals surface area (Å²) in [6, 6.07) is 12.8. The van der Waals surface area contributed by atoms with Crippen molar-refractivity contribution in [3.8, 4) is 5.75 Å². The third-order valence-corrected chi connectivity index (χ3v) is 4.83. The molecule has 0 unspecified atom stereocenters. The number of ether oxygens (including phenoxy) is 1. The SMILES string of the molecule is COc1ccc(N2CCN(C(=S)Nc3ccc(C(F)(F)F)cc3)CC2)cc1. The van der Waals surface area contributed by atoms with E-state index in [1.165, 1.54) is 12.1 Å². The standard InChI is InChI=1S/C19H20F3N3OS/c1-26-17-8-6-16(7-9-17)24-10-12-25(13-11-24)18(27)23-15-4-2-14(3-5-15)19(20,21)22/h2-9H,10-13H2,1H3,(H,23,27). The van der Waals surface area contributed by atoms with Gasteiger partial charge in [-0.25, -0.2) is 0 Å². The second-order valence-electron chi connectivity index (χ2n) is 6.18. The summed E-state index contributed by atoms with van der Waals surface area (Å²) >= 11 is 5.41. The van der Waals surface area contributed by atoms with Gasteiger partial charge < -0.3 is 19.9 Å². The van der Waals surface area contributed by atoms with E-state index in [0.29, 0.717) is 10.8 Å². The molecule has 0 bridgehead atoms. The number of hydrogen-bond acceptors (Lipinski definition) is 3.